The molecule has 0 atom stereocenters. The van der Waals surface area contributed by atoms with Gasteiger partial charge in [0.1, 0.15) is 0 Å². The van der Waals surface area contributed by atoms with Crippen molar-refractivity contribution in [2.24, 2.45) is 0 Å². The summed E-state index contributed by atoms with van der Waals surface area (Å²) in [5.41, 5.74) is 0.859. The number of carbonyl (C=O) groups is 2. The predicted molar refractivity (Wildman–Crippen MR) is 86.6 cm³/mol. The molecule has 0 bridgehead atoms. The van der Waals surface area contributed by atoms with Crippen LogP contribution in [0.2, 0.25) is 0 Å². The maximum atomic E-state index is 12.4. The number of nitrogens with zero attached hydrogens (tertiary/aromatic N) is 1. The van der Waals surface area contributed by atoms with Crippen LogP contribution in [0.4, 0.5) is 0 Å². The number of allylic oxidation sites excluding steroid dienone is 2. The van der Waals surface area contributed by atoms with E-state index in [1.54, 1.807) is 30.3 Å². The summed E-state index contributed by atoms with van der Waals surface area (Å²) >= 11 is 0. The first-order valence-corrected chi connectivity index (χ1v) is 7.74. The summed E-state index contributed by atoms with van der Waals surface area (Å²) < 4.78 is 0. The molecule has 1 aliphatic carbocycles. The van der Waals surface area contributed by atoms with Gasteiger partial charge in [0, 0.05) is 11.1 Å². The first-order chi connectivity index (χ1) is 10.7. The zero-order chi connectivity index (χ0) is 17.0. The van der Waals surface area contributed by atoms with Gasteiger partial charge in [0.25, 0.3) is 0 Å². The Labute approximate surface area is 136 Å². The van der Waals surface area contributed by atoms with Crippen LogP contribution in [0, 0.1) is 0 Å². The van der Waals surface area contributed by atoms with Gasteiger partial charge >= 0.3 is 0 Å². The third kappa shape index (κ3) is 2.30. The lowest BCUT2D eigenvalue weighted by Gasteiger charge is -2.33. The number of hydrogen-bond acceptors (Lipinski definition) is 3. The minimum Gasteiger partial charge on any atom is -0.288 e. The van der Waals surface area contributed by atoms with E-state index in [2.05, 4.69) is 0 Å². The molecule has 1 heterocycles. The van der Waals surface area contributed by atoms with Crippen LogP contribution >= 0.6 is 0 Å². The molecule has 0 aromatic heterocycles. The summed E-state index contributed by atoms with van der Waals surface area (Å²) in [5, 5.41) is 13.4. The minimum absolute atomic E-state index is 0.213. The van der Waals surface area contributed by atoms with E-state index in [0.717, 1.165) is 10.6 Å². The van der Waals surface area contributed by atoms with Gasteiger partial charge in [0.05, 0.1) is 16.7 Å². The van der Waals surface area contributed by atoms with Crippen LogP contribution in [0.25, 0.3) is 0 Å². The molecule has 1 aliphatic heterocycles. The Kier molecular flexibility index (Phi) is 3.43. The topological polar surface area (TPSA) is 57.3 Å². The van der Waals surface area contributed by atoms with Crippen molar-refractivity contribution in [2.45, 2.75) is 45.2 Å². The van der Waals surface area contributed by atoms with Gasteiger partial charge in [-0.25, -0.2) is 0 Å². The highest BCUT2D eigenvalue weighted by atomic mass is 16.5. The van der Waals surface area contributed by atoms with Gasteiger partial charge in [-0.05, 0) is 39.7 Å². The van der Waals surface area contributed by atoms with Crippen LogP contribution < -0.4 is 0 Å². The molecular formula is C19H20NO3. The van der Waals surface area contributed by atoms with Crippen molar-refractivity contribution in [2.75, 3.05) is 0 Å². The van der Waals surface area contributed by atoms with Crippen LogP contribution in [0.3, 0.4) is 0 Å². The summed E-state index contributed by atoms with van der Waals surface area (Å²) in [4.78, 5) is 24.8. The monoisotopic (exact) mass is 310 g/mol. The first kappa shape index (κ1) is 15.8. The van der Waals surface area contributed by atoms with Crippen molar-refractivity contribution in [3.05, 3.63) is 58.7 Å². The van der Waals surface area contributed by atoms with Crippen molar-refractivity contribution < 1.29 is 14.8 Å². The Hall–Kier alpha value is -2.04. The standard InChI is InChI=1S/C19H20NO3/c1-18(2)11-12(19(3,4)20(18)23)9-10-15-16(21)13-7-5-6-8-14(13)17(15)22/h5-8,10-11H,9H2,1-4H3. The highest BCUT2D eigenvalue weighted by molar-refractivity contribution is 6.39. The SMILES string of the molecule is CC1(C)C=C(CC=C2C(=O)c3ccccc3C2=O)C(C)(C)N1[O]. The first-order valence-electron chi connectivity index (χ1n) is 7.74. The third-order valence-corrected chi connectivity index (χ3v) is 4.78. The lowest BCUT2D eigenvalue weighted by molar-refractivity contribution is -0.238. The summed E-state index contributed by atoms with van der Waals surface area (Å²) in [6, 6.07) is 6.87. The molecule has 3 rings (SSSR count). The number of rotatable bonds is 2. The second-order valence-electron chi connectivity index (χ2n) is 7.20. The number of Topliss-reactive ketones (excluding diaryl/α,β-unsaturated/α-hetero) is 2. The second-order valence-corrected chi connectivity index (χ2v) is 7.20. The molecule has 1 aromatic rings. The molecule has 0 spiro atoms. The molecule has 0 N–H and O–H groups in total. The Morgan fingerprint density at radius 3 is 1.96 bits per heavy atom. The molecule has 1 aromatic carbocycles. The molecule has 0 saturated heterocycles. The molecule has 4 nitrogen and oxygen atoms in total. The van der Waals surface area contributed by atoms with Crippen LogP contribution in [0.5, 0.6) is 0 Å². The molecule has 0 fully saturated rings. The molecule has 23 heavy (non-hydrogen) atoms. The number of hydroxylamine groups is 2. The molecule has 0 unspecified atom stereocenters. The summed E-state index contributed by atoms with van der Waals surface area (Å²) in [6.45, 7) is 7.46. The number of fused-ring (bicyclic) bond motifs is 1. The van der Waals surface area contributed by atoms with E-state index in [1.807, 2.05) is 33.8 Å². The number of carbonyl (C=O) groups excluding carboxylic acids is 2. The number of hydrogen-bond donors (Lipinski definition) is 0. The fraction of sp³-hybridized carbons (Fsp3) is 0.368. The minimum atomic E-state index is -0.641. The average molecular weight is 310 g/mol. The van der Waals surface area contributed by atoms with Crippen molar-refractivity contribution in [1.82, 2.24) is 5.06 Å². The van der Waals surface area contributed by atoms with E-state index in [4.69, 9.17) is 0 Å². The van der Waals surface area contributed by atoms with Gasteiger partial charge in [0.2, 0.25) is 0 Å². The fourth-order valence-electron chi connectivity index (χ4n) is 3.49. The van der Waals surface area contributed by atoms with Crippen LogP contribution in [0.1, 0.15) is 54.8 Å². The van der Waals surface area contributed by atoms with E-state index in [-0.39, 0.29) is 17.1 Å². The Balaban J connectivity index is 1.91. The molecular weight excluding hydrogens is 290 g/mol. The molecule has 2 aliphatic rings. The molecule has 4 heteroatoms. The largest absolute Gasteiger partial charge is 0.288 e. The Morgan fingerprint density at radius 1 is 1.00 bits per heavy atom. The van der Waals surface area contributed by atoms with Crippen LogP contribution in [-0.4, -0.2) is 27.7 Å². The fourth-order valence-corrected chi connectivity index (χ4v) is 3.49. The summed E-state index contributed by atoms with van der Waals surface area (Å²) in [5.74, 6) is -0.444. The van der Waals surface area contributed by atoms with Gasteiger partial charge in [-0.3, -0.25) is 9.59 Å². The normalized spacial score (nSPS) is 22.3. The lowest BCUT2D eigenvalue weighted by Crippen LogP contribution is -2.46. The van der Waals surface area contributed by atoms with E-state index in [9.17, 15) is 14.8 Å². The van der Waals surface area contributed by atoms with Crippen molar-refractivity contribution in [1.29, 1.82) is 0 Å². The van der Waals surface area contributed by atoms with Gasteiger partial charge in [-0.2, -0.15) is 0 Å². The molecule has 119 valence electrons. The van der Waals surface area contributed by atoms with E-state index in [1.165, 1.54) is 0 Å². The molecule has 0 saturated carbocycles. The average Bonchev–Trinajstić information content (AvgIpc) is 2.83. The van der Waals surface area contributed by atoms with E-state index in [0.29, 0.717) is 17.5 Å². The molecule has 1 radical (unpaired) electrons. The summed E-state index contributed by atoms with van der Waals surface area (Å²) in [6.07, 6.45) is 4.04. The lowest BCUT2D eigenvalue weighted by atomic mass is 9.92. The van der Waals surface area contributed by atoms with Crippen molar-refractivity contribution >= 4 is 11.6 Å². The van der Waals surface area contributed by atoms with E-state index < -0.39 is 11.1 Å². The van der Waals surface area contributed by atoms with E-state index >= 15 is 0 Å². The van der Waals surface area contributed by atoms with Crippen molar-refractivity contribution in [3.8, 4) is 0 Å². The Morgan fingerprint density at radius 2 is 1.52 bits per heavy atom. The smallest absolute Gasteiger partial charge is 0.197 e. The maximum Gasteiger partial charge on any atom is 0.197 e. The van der Waals surface area contributed by atoms with Crippen LogP contribution in [-0.2, 0) is 5.21 Å². The predicted octanol–water partition coefficient (Wildman–Crippen LogP) is 3.53. The van der Waals surface area contributed by atoms with Crippen molar-refractivity contribution in [3.63, 3.8) is 0 Å². The highest BCUT2D eigenvalue weighted by Gasteiger charge is 2.46. The molecule has 0 amide bonds. The third-order valence-electron chi connectivity index (χ3n) is 4.78. The van der Waals surface area contributed by atoms with Gasteiger partial charge in [0.15, 0.2) is 11.6 Å². The van der Waals surface area contributed by atoms with Gasteiger partial charge in [-0.15, -0.1) is 10.3 Å². The zero-order valence-electron chi connectivity index (χ0n) is 13.8. The summed E-state index contributed by atoms with van der Waals surface area (Å²) in [7, 11) is 0. The highest BCUT2D eigenvalue weighted by Crippen LogP contribution is 2.40. The number of ketones is 2. The Bertz CT molecular complexity index is 732. The zero-order valence-corrected chi connectivity index (χ0v) is 13.8. The number of benzene rings is 1. The maximum absolute atomic E-state index is 12.4. The van der Waals surface area contributed by atoms with Gasteiger partial charge in [-0.1, -0.05) is 36.4 Å². The van der Waals surface area contributed by atoms with Gasteiger partial charge < -0.3 is 0 Å². The second kappa shape index (κ2) is 4.98. The quantitative estimate of drug-likeness (QED) is 0.477. The van der Waals surface area contributed by atoms with Crippen LogP contribution in [0.15, 0.2) is 47.6 Å².